The Morgan fingerprint density at radius 1 is 1.12 bits per heavy atom. The van der Waals surface area contributed by atoms with Crippen molar-refractivity contribution in [3.63, 3.8) is 0 Å². The number of carbonyl (C=O) groups is 1. The van der Waals surface area contributed by atoms with E-state index in [-0.39, 0.29) is 12.6 Å². The van der Waals surface area contributed by atoms with Gasteiger partial charge in [-0.25, -0.2) is 4.79 Å². The first kappa shape index (κ1) is 18.2. The van der Waals surface area contributed by atoms with Gasteiger partial charge in [-0.05, 0) is 35.7 Å². The second-order valence-electron chi connectivity index (χ2n) is 6.30. The molecule has 2 aromatic carbocycles. The number of nitrogens with zero attached hydrogens (tertiary/aromatic N) is 1. The average molecular weight is 352 g/mol. The van der Waals surface area contributed by atoms with Gasteiger partial charge in [-0.1, -0.05) is 30.3 Å². The third-order valence-corrected chi connectivity index (χ3v) is 4.57. The summed E-state index contributed by atoms with van der Waals surface area (Å²) in [6.07, 6.45) is 2.97. The highest BCUT2D eigenvalue weighted by molar-refractivity contribution is 5.89. The number of hydrogen-bond donors (Lipinski definition) is 2. The van der Waals surface area contributed by atoms with Crippen LogP contribution in [-0.4, -0.2) is 47.8 Å². The number of fused-ring (bicyclic) bond motifs is 1. The van der Waals surface area contributed by atoms with Crippen molar-refractivity contribution in [2.45, 2.75) is 13.0 Å². The molecule has 1 heterocycles. The highest BCUT2D eigenvalue weighted by Gasteiger charge is 2.10. The predicted molar refractivity (Wildman–Crippen MR) is 102 cm³/mol. The summed E-state index contributed by atoms with van der Waals surface area (Å²) in [7, 11) is 1.38. The number of H-pyrrole nitrogens is 1. The van der Waals surface area contributed by atoms with E-state index in [4.69, 9.17) is 4.74 Å². The quantitative estimate of drug-likeness (QED) is 0.612. The fourth-order valence-corrected chi connectivity index (χ4v) is 3.15. The lowest BCUT2D eigenvalue weighted by molar-refractivity contribution is 0.0600. The predicted octanol–water partition coefficient (Wildman–Crippen LogP) is 2.99. The summed E-state index contributed by atoms with van der Waals surface area (Å²) < 4.78 is 4.73. The average Bonchev–Trinajstić information content (AvgIpc) is 3.09. The maximum atomic E-state index is 11.5. The minimum atomic E-state index is -0.330. The Kier molecular flexibility index (Phi) is 6.04. The second kappa shape index (κ2) is 8.65. The van der Waals surface area contributed by atoms with Crippen LogP contribution in [0.1, 0.15) is 21.5 Å². The van der Waals surface area contributed by atoms with Crippen LogP contribution in [0.3, 0.4) is 0 Å². The molecule has 0 fully saturated rings. The lowest BCUT2D eigenvalue weighted by Crippen LogP contribution is -2.28. The maximum absolute atomic E-state index is 11.5. The number of nitrogens with one attached hydrogen (secondary N) is 1. The number of aromatic amines is 1. The molecule has 26 heavy (non-hydrogen) atoms. The molecule has 3 aromatic rings. The zero-order valence-corrected chi connectivity index (χ0v) is 14.9. The Morgan fingerprint density at radius 2 is 1.88 bits per heavy atom. The zero-order valence-electron chi connectivity index (χ0n) is 14.9. The third kappa shape index (κ3) is 4.31. The molecule has 0 unspecified atom stereocenters. The lowest BCUT2D eigenvalue weighted by atomic mass is 10.1. The number of hydrogen-bond acceptors (Lipinski definition) is 4. The number of aromatic nitrogens is 1. The number of ether oxygens (including phenoxy) is 1. The van der Waals surface area contributed by atoms with Gasteiger partial charge in [0.1, 0.15) is 0 Å². The van der Waals surface area contributed by atoms with Gasteiger partial charge in [0.05, 0.1) is 19.3 Å². The number of aliphatic hydroxyl groups excluding tert-OH is 1. The SMILES string of the molecule is COC(=O)c1ccc(CN(CCO)CCc2c[nH]c3ccccc23)cc1. The Balaban J connectivity index is 1.64. The zero-order chi connectivity index (χ0) is 18.4. The monoisotopic (exact) mass is 352 g/mol. The molecule has 0 amide bonds. The van der Waals surface area contributed by atoms with Crippen LogP contribution in [0.15, 0.2) is 54.7 Å². The summed E-state index contributed by atoms with van der Waals surface area (Å²) in [5, 5.41) is 10.6. The second-order valence-corrected chi connectivity index (χ2v) is 6.30. The van der Waals surface area contributed by atoms with Crippen LogP contribution in [0.4, 0.5) is 0 Å². The largest absolute Gasteiger partial charge is 0.465 e. The smallest absolute Gasteiger partial charge is 0.337 e. The first-order valence-electron chi connectivity index (χ1n) is 8.76. The van der Waals surface area contributed by atoms with Crippen molar-refractivity contribution in [1.82, 2.24) is 9.88 Å². The number of carbonyl (C=O) groups excluding carboxylic acids is 1. The number of para-hydroxylation sites is 1. The standard InChI is InChI=1S/C21H24N2O3/c1-26-21(25)17-8-6-16(7-9-17)15-23(12-13-24)11-10-18-14-22-20-5-3-2-4-19(18)20/h2-9,14,22,24H,10-13,15H2,1H3. The molecular formula is C21H24N2O3. The summed E-state index contributed by atoms with van der Waals surface area (Å²) >= 11 is 0. The molecule has 0 saturated heterocycles. The van der Waals surface area contributed by atoms with Crippen molar-refractivity contribution in [2.24, 2.45) is 0 Å². The molecule has 3 rings (SSSR count). The summed E-state index contributed by atoms with van der Waals surface area (Å²) in [6.45, 7) is 2.31. The maximum Gasteiger partial charge on any atom is 0.337 e. The molecule has 0 aliphatic carbocycles. The minimum absolute atomic E-state index is 0.119. The Morgan fingerprint density at radius 3 is 2.62 bits per heavy atom. The molecule has 1 aromatic heterocycles. The summed E-state index contributed by atoms with van der Waals surface area (Å²) in [5.41, 5.74) is 4.08. The van der Waals surface area contributed by atoms with Gasteiger partial charge >= 0.3 is 5.97 Å². The van der Waals surface area contributed by atoms with Crippen molar-refractivity contribution in [2.75, 3.05) is 26.8 Å². The fraction of sp³-hybridized carbons (Fsp3) is 0.286. The van der Waals surface area contributed by atoms with E-state index in [0.717, 1.165) is 30.6 Å². The van der Waals surface area contributed by atoms with Crippen LogP contribution in [0.2, 0.25) is 0 Å². The van der Waals surface area contributed by atoms with Crippen LogP contribution in [0, 0.1) is 0 Å². The molecule has 0 spiro atoms. The summed E-state index contributed by atoms with van der Waals surface area (Å²) in [5.74, 6) is -0.330. The van der Waals surface area contributed by atoms with Gasteiger partial charge in [-0.2, -0.15) is 0 Å². The van der Waals surface area contributed by atoms with Gasteiger partial charge in [0.2, 0.25) is 0 Å². The molecule has 2 N–H and O–H groups in total. The van der Waals surface area contributed by atoms with Gasteiger partial charge in [0.15, 0.2) is 0 Å². The van der Waals surface area contributed by atoms with Crippen LogP contribution >= 0.6 is 0 Å². The number of benzene rings is 2. The van der Waals surface area contributed by atoms with Gasteiger partial charge < -0.3 is 14.8 Å². The topological polar surface area (TPSA) is 65.6 Å². The molecule has 0 atom stereocenters. The summed E-state index contributed by atoms with van der Waals surface area (Å²) in [6, 6.07) is 15.7. The molecule has 5 heteroatoms. The molecule has 136 valence electrons. The molecule has 0 aliphatic rings. The molecule has 0 radical (unpaired) electrons. The number of aliphatic hydroxyl groups is 1. The van der Waals surface area contributed by atoms with Gasteiger partial charge in [0, 0.05) is 36.7 Å². The number of esters is 1. The van der Waals surface area contributed by atoms with Gasteiger partial charge in [-0.15, -0.1) is 0 Å². The van der Waals surface area contributed by atoms with Crippen molar-refractivity contribution < 1.29 is 14.6 Å². The molecule has 0 aliphatic heterocycles. The van der Waals surface area contributed by atoms with E-state index in [2.05, 4.69) is 28.2 Å². The van der Waals surface area contributed by atoms with Crippen LogP contribution in [0.5, 0.6) is 0 Å². The van der Waals surface area contributed by atoms with Crippen molar-refractivity contribution in [3.05, 3.63) is 71.4 Å². The van der Waals surface area contributed by atoms with Crippen LogP contribution in [-0.2, 0) is 17.7 Å². The van der Waals surface area contributed by atoms with E-state index >= 15 is 0 Å². The number of rotatable bonds is 8. The fourth-order valence-electron chi connectivity index (χ4n) is 3.15. The Labute approximate surface area is 153 Å². The molecule has 0 saturated carbocycles. The first-order chi connectivity index (χ1) is 12.7. The van der Waals surface area contributed by atoms with E-state index in [0.29, 0.717) is 12.1 Å². The van der Waals surface area contributed by atoms with Gasteiger partial charge in [0.25, 0.3) is 0 Å². The van der Waals surface area contributed by atoms with E-state index in [9.17, 15) is 9.90 Å². The minimum Gasteiger partial charge on any atom is -0.465 e. The van der Waals surface area contributed by atoms with E-state index in [1.54, 1.807) is 12.1 Å². The normalized spacial score (nSPS) is 11.2. The van der Waals surface area contributed by atoms with E-state index in [1.807, 2.05) is 24.3 Å². The van der Waals surface area contributed by atoms with Crippen molar-refractivity contribution in [1.29, 1.82) is 0 Å². The first-order valence-corrected chi connectivity index (χ1v) is 8.76. The lowest BCUT2D eigenvalue weighted by Gasteiger charge is -2.21. The Bertz CT molecular complexity index is 855. The molecule has 0 bridgehead atoms. The van der Waals surface area contributed by atoms with E-state index < -0.39 is 0 Å². The van der Waals surface area contributed by atoms with Crippen LogP contribution in [0.25, 0.3) is 10.9 Å². The third-order valence-electron chi connectivity index (χ3n) is 4.57. The van der Waals surface area contributed by atoms with E-state index in [1.165, 1.54) is 18.1 Å². The highest BCUT2D eigenvalue weighted by Crippen LogP contribution is 2.18. The van der Waals surface area contributed by atoms with Crippen molar-refractivity contribution >= 4 is 16.9 Å². The number of methoxy groups -OCH3 is 1. The molecular weight excluding hydrogens is 328 g/mol. The summed E-state index contributed by atoms with van der Waals surface area (Å²) in [4.78, 5) is 17.0. The van der Waals surface area contributed by atoms with Gasteiger partial charge in [-0.3, -0.25) is 4.90 Å². The molecule has 5 nitrogen and oxygen atoms in total. The van der Waals surface area contributed by atoms with Crippen molar-refractivity contribution in [3.8, 4) is 0 Å². The highest BCUT2D eigenvalue weighted by atomic mass is 16.5. The van der Waals surface area contributed by atoms with Crippen LogP contribution < -0.4 is 0 Å². The Hall–Kier alpha value is -2.63.